The van der Waals surface area contributed by atoms with Crippen LogP contribution in [-0.4, -0.2) is 25.0 Å². The summed E-state index contributed by atoms with van der Waals surface area (Å²) in [4.78, 5) is 0. The molecule has 0 spiro atoms. The van der Waals surface area contributed by atoms with Crippen molar-refractivity contribution in [2.24, 2.45) is 0 Å². The Hall–Kier alpha value is -1.12. The van der Waals surface area contributed by atoms with Gasteiger partial charge in [-0.2, -0.15) is 0 Å². The first-order valence-corrected chi connectivity index (χ1v) is 11.8. The summed E-state index contributed by atoms with van der Waals surface area (Å²) >= 11 is 11.5. The number of fused-ring (bicyclic) bond motifs is 1. The van der Waals surface area contributed by atoms with E-state index >= 15 is 0 Å². The third-order valence-corrected chi connectivity index (χ3v) is 5.51. The second-order valence-corrected chi connectivity index (χ2v) is 7.92. The Morgan fingerprint density at radius 3 is 1.89 bits per heavy atom. The molecular weight excluding hydrogens is 391 g/mol. The number of alkyl halides is 2. The highest BCUT2D eigenvalue weighted by Gasteiger charge is 2.13. The zero-order valence-electron chi connectivity index (χ0n) is 17.2. The minimum Gasteiger partial charge on any atom is -0.493 e. The summed E-state index contributed by atoms with van der Waals surface area (Å²) in [6.45, 7) is 3.67. The molecule has 2 rings (SSSR count). The molecule has 0 aliphatic carbocycles. The maximum atomic E-state index is 6.25. The predicted molar refractivity (Wildman–Crippen MR) is 123 cm³/mol. The van der Waals surface area contributed by atoms with Crippen molar-refractivity contribution >= 4 is 34.0 Å². The van der Waals surface area contributed by atoms with Crippen LogP contribution in [0.1, 0.15) is 63.9 Å². The summed E-state index contributed by atoms with van der Waals surface area (Å²) < 4.78 is 12.4. The van der Waals surface area contributed by atoms with Crippen LogP contribution in [0.2, 0.25) is 0 Å². The number of unbranched alkanes of at least 4 members (excludes halogenated alkanes) is 6. The van der Waals surface area contributed by atoms with Gasteiger partial charge in [-0.3, -0.25) is 0 Å². The molecule has 0 amide bonds. The van der Waals surface area contributed by atoms with Gasteiger partial charge in [-0.1, -0.05) is 56.9 Å². The van der Waals surface area contributed by atoms with Crippen molar-refractivity contribution in [3.05, 3.63) is 35.9 Å². The molecule has 0 bridgehead atoms. The molecule has 2 aromatic rings. The minimum atomic E-state index is 0.746. The smallest absolute Gasteiger partial charge is 0.130 e. The lowest BCUT2D eigenvalue weighted by atomic mass is 10.0. The number of aryl methyl sites for hydroxylation is 1. The normalized spacial score (nSPS) is 11.1. The van der Waals surface area contributed by atoms with E-state index in [0.29, 0.717) is 0 Å². The van der Waals surface area contributed by atoms with Crippen molar-refractivity contribution in [1.82, 2.24) is 0 Å². The number of halogens is 2. The van der Waals surface area contributed by atoms with E-state index in [9.17, 15) is 0 Å². The molecule has 0 radical (unpaired) electrons. The maximum Gasteiger partial charge on any atom is 0.130 e. The monoisotopic (exact) mass is 424 g/mol. The molecule has 0 fully saturated rings. The lowest BCUT2D eigenvalue weighted by molar-refractivity contribution is 0.300. The van der Waals surface area contributed by atoms with E-state index in [-0.39, 0.29) is 0 Å². The average molecular weight is 425 g/mol. The van der Waals surface area contributed by atoms with E-state index in [1.54, 1.807) is 0 Å². The largest absolute Gasteiger partial charge is 0.493 e. The zero-order chi connectivity index (χ0) is 20.0. The lowest BCUT2D eigenvalue weighted by Crippen LogP contribution is -2.03. The van der Waals surface area contributed by atoms with Crippen LogP contribution in [0.4, 0.5) is 0 Å². The van der Waals surface area contributed by atoms with E-state index in [2.05, 4.69) is 37.3 Å². The van der Waals surface area contributed by atoms with Crippen molar-refractivity contribution in [3.8, 4) is 11.5 Å². The highest BCUT2D eigenvalue weighted by molar-refractivity contribution is 6.18. The molecule has 0 heterocycles. The molecule has 0 aromatic heterocycles. The summed E-state index contributed by atoms with van der Waals surface area (Å²) in [6, 6.07) is 10.6. The van der Waals surface area contributed by atoms with Crippen molar-refractivity contribution < 1.29 is 9.47 Å². The van der Waals surface area contributed by atoms with Gasteiger partial charge in [0, 0.05) is 22.5 Å². The molecule has 156 valence electrons. The first-order chi connectivity index (χ1) is 13.8. The number of hydrogen-bond acceptors (Lipinski definition) is 2. The van der Waals surface area contributed by atoms with E-state index in [1.165, 1.54) is 18.4 Å². The van der Waals surface area contributed by atoms with Gasteiger partial charge in [0.25, 0.3) is 0 Å². The fourth-order valence-corrected chi connectivity index (χ4v) is 3.76. The molecule has 0 N–H and O–H groups in total. The van der Waals surface area contributed by atoms with Crippen LogP contribution in [0.25, 0.3) is 10.8 Å². The van der Waals surface area contributed by atoms with Crippen molar-refractivity contribution in [2.45, 2.75) is 64.7 Å². The number of benzene rings is 2. The van der Waals surface area contributed by atoms with Gasteiger partial charge in [0.1, 0.15) is 11.5 Å². The molecule has 28 heavy (non-hydrogen) atoms. The van der Waals surface area contributed by atoms with Crippen molar-refractivity contribution in [2.75, 3.05) is 25.0 Å². The van der Waals surface area contributed by atoms with Crippen molar-refractivity contribution in [1.29, 1.82) is 0 Å². The molecule has 0 saturated carbocycles. The Kier molecular flexibility index (Phi) is 11.5. The van der Waals surface area contributed by atoms with Crippen LogP contribution < -0.4 is 9.47 Å². The third-order valence-electron chi connectivity index (χ3n) is 4.97. The summed E-state index contributed by atoms with van der Waals surface area (Å²) in [5, 5.41) is 2.29. The second-order valence-electron chi connectivity index (χ2n) is 7.17. The fourth-order valence-electron chi connectivity index (χ4n) is 3.38. The minimum absolute atomic E-state index is 0.746. The predicted octanol–water partition coefficient (Wildman–Crippen LogP) is 7.76. The maximum absolute atomic E-state index is 6.25. The van der Waals surface area contributed by atoms with E-state index in [1.807, 2.05) is 0 Å². The van der Waals surface area contributed by atoms with Gasteiger partial charge in [-0.05, 0) is 43.7 Å². The van der Waals surface area contributed by atoms with Gasteiger partial charge in [0.05, 0.1) is 13.2 Å². The topological polar surface area (TPSA) is 18.5 Å². The van der Waals surface area contributed by atoms with E-state index < -0.39 is 0 Å². The highest BCUT2D eigenvalue weighted by Crippen LogP contribution is 2.37. The lowest BCUT2D eigenvalue weighted by Gasteiger charge is -2.17. The SMILES string of the molecule is CCc1cc(OCCCCCCCl)c2ccccc2c1OCCCCCCCl. The Bertz CT molecular complexity index is 688. The van der Waals surface area contributed by atoms with Crippen LogP contribution in [0, 0.1) is 0 Å². The first kappa shape index (κ1) is 23.2. The van der Waals surface area contributed by atoms with Gasteiger partial charge >= 0.3 is 0 Å². The number of rotatable bonds is 15. The van der Waals surface area contributed by atoms with Gasteiger partial charge in [-0.25, -0.2) is 0 Å². The van der Waals surface area contributed by atoms with Crippen molar-refractivity contribution in [3.63, 3.8) is 0 Å². The first-order valence-electron chi connectivity index (χ1n) is 10.7. The number of ether oxygens (including phenoxy) is 2. The Morgan fingerprint density at radius 2 is 1.29 bits per heavy atom. The summed E-state index contributed by atoms with van der Waals surface area (Å²) in [5.74, 6) is 3.49. The standard InChI is InChI=1S/C24H34Cl2O2/c1-2-20-19-23(27-17-11-5-3-9-15-25)21-13-7-8-14-22(21)24(20)28-18-12-6-4-10-16-26/h7-8,13-14,19H,2-6,9-12,15-18H2,1H3. The summed E-state index contributed by atoms with van der Waals surface area (Å²) in [7, 11) is 0. The van der Waals surface area contributed by atoms with E-state index in [0.717, 1.165) is 92.2 Å². The molecular formula is C24H34Cl2O2. The molecule has 0 aliphatic rings. The van der Waals surface area contributed by atoms with E-state index in [4.69, 9.17) is 32.7 Å². The highest BCUT2D eigenvalue weighted by atomic mass is 35.5. The Morgan fingerprint density at radius 1 is 0.714 bits per heavy atom. The Balaban J connectivity index is 2.04. The second kappa shape index (κ2) is 14.0. The van der Waals surface area contributed by atoms with Gasteiger partial charge in [0.2, 0.25) is 0 Å². The quantitative estimate of drug-likeness (QED) is 0.214. The molecule has 0 aliphatic heterocycles. The van der Waals surface area contributed by atoms with Gasteiger partial charge < -0.3 is 9.47 Å². The molecule has 4 heteroatoms. The zero-order valence-corrected chi connectivity index (χ0v) is 18.7. The molecule has 0 unspecified atom stereocenters. The summed E-state index contributed by atoms with van der Waals surface area (Å²) in [6.07, 6.45) is 9.90. The Labute approximate surface area is 180 Å². The molecule has 0 saturated heterocycles. The number of hydrogen-bond donors (Lipinski definition) is 0. The van der Waals surface area contributed by atoms with Crippen LogP contribution in [0.5, 0.6) is 11.5 Å². The van der Waals surface area contributed by atoms with Crippen LogP contribution >= 0.6 is 23.2 Å². The van der Waals surface area contributed by atoms with Crippen LogP contribution in [0.15, 0.2) is 30.3 Å². The molecule has 0 atom stereocenters. The fraction of sp³-hybridized carbons (Fsp3) is 0.583. The summed E-state index contributed by atoms with van der Waals surface area (Å²) in [5.41, 5.74) is 1.22. The average Bonchev–Trinajstić information content (AvgIpc) is 2.73. The molecule has 2 nitrogen and oxygen atoms in total. The van der Waals surface area contributed by atoms with Crippen LogP contribution in [0.3, 0.4) is 0 Å². The third kappa shape index (κ3) is 7.37. The molecule has 2 aromatic carbocycles. The van der Waals surface area contributed by atoms with Gasteiger partial charge in [0.15, 0.2) is 0 Å². The van der Waals surface area contributed by atoms with Gasteiger partial charge in [-0.15, -0.1) is 23.2 Å². The van der Waals surface area contributed by atoms with Crippen LogP contribution in [-0.2, 0) is 6.42 Å².